The number of hydrogen-bond acceptors (Lipinski definition) is 1. The van der Waals surface area contributed by atoms with Crippen LogP contribution < -0.4 is 5.32 Å². The summed E-state index contributed by atoms with van der Waals surface area (Å²) in [6.07, 6.45) is 3.26. The minimum absolute atomic E-state index is 1.11. The Kier molecular flexibility index (Phi) is 3.23. The molecule has 0 amide bonds. The Morgan fingerprint density at radius 1 is 0.947 bits per heavy atom. The maximum atomic E-state index is 3.30. The first-order chi connectivity index (χ1) is 9.34. The van der Waals surface area contributed by atoms with E-state index in [-0.39, 0.29) is 0 Å². The molecule has 0 radical (unpaired) electrons. The second-order valence-corrected chi connectivity index (χ2v) is 4.82. The van der Waals surface area contributed by atoms with Gasteiger partial charge in [-0.25, -0.2) is 0 Å². The van der Waals surface area contributed by atoms with E-state index in [9.17, 15) is 0 Å². The summed E-state index contributed by atoms with van der Waals surface area (Å²) in [5.41, 5.74) is 4.07. The van der Waals surface area contributed by atoms with Crippen LogP contribution in [0.3, 0.4) is 0 Å². The number of hydrogen-bond donors (Lipinski definition) is 1. The Hall–Kier alpha value is -2.22. The summed E-state index contributed by atoms with van der Waals surface area (Å²) in [4.78, 5) is 0. The fourth-order valence-corrected chi connectivity index (χ4v) is 2.46. The van der Waals surface area contributed by atoms with E-state index in [1.807, 2.05) is 0 Å². The smallest absolute Gasteiger partial charge is 0.0477 e. The summed E-state index contributed by atoms with van der Waals surface area (Å²) in [5.74, 6) is 0. The van der Waals surface area contributed by atoms with Crippen LogP contribution in [0.1, 0.15) is 5.56 Å². The number of benzene rings is 2. The molecule has 2 heterocycles. The van der Waals surface area contributed by atoms with Crippen LogP contribution in [-0.2, 0) is 13.5 Å². The fraction of sp³-hybridized carbons (Fsp3) is 0.176. The van der Waals surface area contributed by atoms with Crippen molar-refractivity contribution in [3.8, 4) is 0 Å². The molecule has 0 fully saturated rings. The van der Waals surface area contributed by atoms with Crippen molar-refractivity contribution in [1.82, 2.24) is 4.57 Å². The first kappa shape index (κ1) is 11.8. The zero-order valence-corrected chi connectivity index (χ0v) is 11.1. The van der Waals surface area contributed by atoms with Gasteiger partial charge in [-0.05, 0) is 35.6 Å². The number of nitrogens with one attached hydrogen (secondary N) is 1. The summed E-state index contributed by atoms with van der Waals surface area (Å²) >= 11 is 0. The third kappa shape index (κ3) is 2.48. The summed E-state index contributed by atoms with van der Waals surface area (Å²) in [7, 11) is 2.06. The molecule has 2 heteroatoms. The van der Waals surface area contributed by atoms with Gasteiger partial charge in [0, 0.05) is 31.0 Å². The molecule has 0 unspecified atom stereocenters. The molecule has 4 rings (SSSR count). The maximum absolute atomic E-state index is 3.30. The highest BCUT2D eigenvalue weighted by atomic mass is 14.9. The van der Waals surface area contributed by atoms with E-state index >= 15 is 0 Å². The zero-order valence-electron chi connectivity index (χ0n) is 11.1. The van der Waals surface area contributed by atoms with Gasteiger partial charge < -0.3 is 9.88 Å². The van der Waals surface area contributed by atoms with Crippen LogP contribution in [0.25, 0.3) is 10.9 Å². The van der Waals surface area contributed by atoms with Gasteiger partial charge in [0.25, 0.3) is 0 Å². The topological polar surface area (TPSA) is 17.0 Å². The van der Waals surface area contributed by atoms with Crippen LogP contribution in [0.4, 0.5) is 5.69 Å². The van der Waals surface area contributed by atoms with Crippen LogP contribution in [0.2, 0.25) is 0 Å². The minimum Gasteiger partial charge on any atom is -0.384 e. The molecule has 1 N–H and O–H groups in total. The number of aryl methyl sites for hydroxylation is 1. The molecule has 0 spiro atoms. The van der Waals surface area contributed by atoms with Crippen molar-refractivity contribution in [3.63, 3.8) is 0 Å². The van der Waals surface area contributed by atoms with E-state index in [4.69, 9.17) is 0 Å². The normalized spacial score (nSPS) is 12.5. The lowest BCUT2D eigenvalue weighted by atomic mass is 10.2. The van der Waals surface area contributed by atoms with E-state index in [0.29, 0.717) is 0 Å². The number of aromatic nitrogens is 1. The van der Waals surface area contributed by atoms with E-state index in [1.165, 1.54) is 28.6 Å². The SMILES string of the molecule is Cn1ccc2ccccc21.c1ccc2c(c1)CCN2. The van der Waals surface area contributed by atoms with Gasteiger partial charge in [0.1, 0.15) is 0 Å². The lowest BCUT2D eigenvalue weighted by Crippen LogP contribution is -1.90. The van der Waals surface area contributed by atoms with Crippen molar-refractivity contribution < 1.29 is 0 Å². The number of anilines is 1. The molecular formula is C17H18N2. The van der Waals surface area contributed by atoms with Crippen molar-refractivity contribution in [2.75, 3.05) is 11.9 Å². The Morgan fingerprint density at radius 2 is 1.74 bits per heavy atom. The van der Waals surface area contributed by atoms with Crippen molar-refractivity contribution >= 4 is 16.6 Å². The lowest BCUT2D eigenvalue weighted by molar-refractivity contribution is 0.969. The molecule has 0 saturated carbocycles. The van der Waals surface area contributed by atoms with E-state index in [2.05, 4.69) is 77.7 Å². The number of para-hydroxylation sites is 2. The Bertz CT molecular complexity index is 659. The van der Waals surface area contributed by atoms with Crippen molar-refractivity contribution in [2.45, 2.75) is 6.42 Å². The minimum atomic E-state index is 1.11. The standard InChI is InChI=1S/C9H9N.C8H9N/c1-10-7-6-8-4-2-3-5-9(8)10;1-2-4-8-7(3-1)5-6-9-8/h2-7H,1H3;1-4,9H,5-6H2. The van der Waals surface area contributed by atoms with Gasteiger partial charge >= 0.3 is 0 Å². The predicted octanol–water partition coefficient (Wildman–Crippen LogP) is 3.83. The molecule has 96 valence electrons. The molecule has 1 aliphatic rings. The first-order valence-electron chi connectivity index (χ1n) is 6.66. The molecule has 19 heavy (non-hydrogen) atoms. The molecule has 1 aliphatic heterocycles. The third-order valence-corrected chi connectivity index (χ3v) is 3.52. The van der Waals surface area contributed by atoms with E-state index < -0.39 is 0 Å². The Balaban J connectivity index is 0.000000117. The highest BCUT2D eigenvalue weighted by Gasteiger charge is 2.05. The molecule has 2 nitrogen and oxygen atoms in total. The van der Waals surface area contributed by atoms with E-state index in [1.54, 1.807) is 0 Å². The van der Waals surface area contributed by atoms with Crippen LogP contribution >= 0.6 is 0 Å². The number of rotatable bonds is 0. The quantitative estimate of drug-likeness (QED) is 0.641. The molecule has 2 aromatic carbocycles. The predicted molar refractivity (Wildman–Crippen MR) is 81.6 cm³/mol. The van der Waals surface area contributed by atoms with Crippen LogP contribution in [-0.4, -0.2) is 11.1 Å². The van der Waals surface area contributed by atoms with Gasteiger partial charge in [-0.15, -0.1) is 0 Å². The molecule has 0 aliphatic carbocycles. The third-order valence-electron chi connectivity index (χ3n) is 3.52. The van der Waals surface area contributed by atoms with Gasteiger partial charge in [-0.3, -0.25) is 0 Å². The Labute approximate surface area is 113 Å². The second kappa shape index (κ2) is 5.19. The second-order valence-electron chi connectivity index (χ2n) is 4.82. The lowest BCUT2D eigenvalue weighted by Gasteiger charge is -1.94. The van der Waals surface area contributed by atoms with Gasteiger partial charge in [-0.2, -0.15) is 0 Å². The summed E-state index contributed by atoms with van der Waals surface area (Å²) < 4.78 is 2.12. The van der Waals surface area contributed by atoms with Crippen molar-refractivity contribution in [3.05, 3.63) is 66.4 Å². The Morgan fingerprint density at radius 3 is 2.58 bits per heavy atom. The van der Waals surface area contributed by atoms with Crippen LogP contribution in [0, 0.1) is 0 Å². The number of nitrogens with zero attached hydrogens (tertiary/aromatic N) is 1. The first-order valence-corrected chi connectivity index (χ1v) is 6.66. The van der Waals surface area contributed by atoms with Crippen molar-refractivity contribution in [2.24, 2.45) is 7.05 Å². The summed E-state index contributed by atoms with van der Waals surface area (Å²) in [6, 6.07) is 18.9. The largest absolute Gasteiger partial charge is 0.384 e. The van der Waals surface area contributed by atoms with Gasteiger partial charge in [0.2, 0.25) is 0 Å². The van der Waals surface area contributed by atoms with Crippen LogP contribution in [0.15, 0.2) is 60.8 Å². The molecule has 0 atom stereocenters. The van der Waals surface area contributed by atoms with Gasteiger partial charge in [0.05, 0.1) is 0 Å². The molecule has 1 aromatic heterocycles. The number of fused-ring (bicyclic) bond motifs is 2. The van der Waals surface area contributed by atoms with Crippen molar-refractivity contribution in [1.29, 1.82) is 0 Å². The maximum Gasteiger partial charge on any atom is 0.0477 e. The molecular weight excluding hydrogens is 232 g/mol. The van der Waals surface area contributed by atoms with Crippen LogP contribution in [0.5, 0.6) is 0 Å². The fourth-order valence-electron chi connectivity index (χ4n) is 2.46. The molecule has 3 aromatic rings. The zero-order chi connectivity index (χ0) is 13.1. The highest BCUT2D eigenvalue weighted by Crippen LogP contribution is 2.19. The monoisotopic (exact) mass is 250 g/mol. The summed E-state index contributed by atoms with van der Waals surface area (Å²) in [6.45, 7) is 1.11. The molecule has 0 saturated heterocycles. The highest BCUT2D eigenvalue weighted by molar-refractivity contribution is 5.79. The van der Waals surface area contributed by atoms with Gasteiger partial charge in [-0.1, -0.05) is 36.4 Å². The van der Waals surface area contributed by atoms with Gasteiger partial charge in [0.15, 0.2) is 0 Å². The van der Waals surface area contributed by atoms with E-state index in [0.717, 1.165) is 6.54 Å². The molecule has 0 bridgehead atoms. The average molecular weight is 250 g/mol. The summed E-state index contributed by atoms with van der Waals surface area (Å²) in [5, 5.41) is 4.61. The average Bonchev–Trinajstić information content (AvgIpc) is 3.07.